The highest BCUT2D eigenvalue weighted by atomic mass is 16.5. The zero-order valence-electron chi connectivity index (χ0n) is 21.2. The van der Waals surface area contributed by atoms with Gasteiger partial charge in [0, 0.05) is 11.1 Å². The number of rotatable bonds is 10. The fraction of sp³-hybridized carbons (Fsp3) is 0.148. The van der Waals surface area contributed by atoms with E-state index in [1.807, 2.05) is 12.1 Å². The van der Waals surface area contributed by atoms with Gasteiger partial charge in [-0.05, 0) is 24.3 Å². The van der Waals surface area contributed by atoms with Gasteiger partial charge in [-0.2, -0.15) is 10.4 Å². The molecule has 0 aliphatic heterocycles. The molecule has 198 valence electrons. The van der Waals surface area contributed by atoms with E-state index in [2.05, 4.69) is 25.2 Å². The van der Waals surface area contributed by atoms with Gasteiger partial charge >= 0.3 is 5.97 Å². The van der Waals surface area contributed by atoms with Crippen LogP contribution in [0, 0.1) is 11.3 Å². The zero-order valence-corrected chi connectivity index (χ0v) is 21.2. The number of H-pyrrole nitrogens is 1. The number of hydrogen-bond donors (Lipinski definition) is 2. The maximum Gasteiger partial charge on any atom is 0.373 e. The molecule has 2 aromatic heterocycles. The SMILES string of the molecule is COC(=O)c1ccc(COc2c(OC)cc(C=NNc3nc(-c4ccccc4)c(C#N)c(=O)[nH]3)cc2OC)o1. The van der Waals surface area contributed by atoms with Crippen LogP contribution in [0.25, 0.3) is 11.3 Å². The maximum absolute atomic E-state index is 12.4. The highest BCUT2D eigenvalue weighted by molar-refractivity contribution is 5.86. The first kappa shape index (κ1) is 26.5. The molecule has 0 amide bonds. The number of carbonyl (C=O) groups is 1. The van der Waals surface area contributed by atoms with Crippen LogP contribution in [0.5, 0.6) is 17.2 Å². The van der Waals surface area contributed by atoms with Crippen LogP contribution in [0.3, 0.4) is 0 Å². The molecular weight excluding hydrogens is 506 g/mol. The summed E-state index contributed by atoms with van der Waals surface area (Å²) in [4.78, 5) is 30.9. The Kier molecular flexibility index (Phi) is 8.23. The normalized spacial score (nSPS) is 10.6. The second-order valence-electron chi connectivity index (χ2n) is 7.79. The van der Waals surface area contributed by atoms with Crippen molar-refractivity contribution in [1.82, 2.24) is 9.97 Å². The summed E-state index contributed by atoms with van der Waals surface area (Å²) in [7, 11) is 4.21. The van der Waals surface area contributed by atoms with E-state index in [1.54, 1.807) is 42.5 Å². The largest absolute Gasteiger partial charge is 0.493 e. The zero-order chi connectivity index (χ0) is 27.8. The second-order valence-corrected chi connectivity index (χ2v) is 7.79. The number of esters is 1. The molecule has 0 fully saturated rings. The Balaban J connectivity index is 1.53. The molecule has 4 rings (SSSR count). The van der Waals surface area contributed by atoms with Gasteiger partial charge in [0.15, 0.2) is 11.5 Å². The summed E-state index contributed by atoms with van der Waals surface area (Å²) in [5.74, 6) is 0.935. The first-order valence-corrected chi connectivity index (χ1v) is 11.4. The van der Waals surface area contributed by atoms with Gasteiger partial charge in [-0.3, -0.25) is 9.78 Å². The van der Waals surface area contributed by atoms with Gasteiger partial charge in [0.05, 0.1) is 33.2 Å². The van der Waals surface area contributed by atoms with Crippen molar-refractivity contribution in [3.63, 3.8) is 0 Å². The van der Waals surface area contributed by atoms with Crippen molar-refractivity contribution in [2.45, 2.75) is 6.61 Å². The lowest BCUT2D eigenvalue weighted by Crippen LogP contribution is -2.16. The van der Waals surface area contributed by atoms with E-state index in [9.17, 15) is 14.9 Å². The lowest BCUT2D eigenvalue weighted by atomic mass is 10.1. The fourth-order valence-corrected chi connectivity index (χ4v) is 3.53. The van der Waals surface area contributed by atoms with Crippen LogP contribution in [0.15, 0.2) is 68.9 Å². The molecule has 2 aromatic carbocycles. The summed E-state index contributed by atoms with van der Waals surface area (Å²) in [6, 6.07) is 17.2. The molecule has 4 aromatic rings. The number of benzene rings is 2. The van der Waals surface area contributed by atoms with E-state index < -0.39 is 11.5 Å². The Morgan fingerprint density at radius 2 is 1.85 bits per heavy atom. The Labute approximate surface area is 222 Å². The number of methoxy groups -OCH3 is 3. The number of aromatic nitrogens is 2. The summed E-state index contributed by atoms with van der Waals surface area (Å²) in [6.07, 6.45) is 1.46. The van der Waals surface area contributed by atoms with Crippen LogP contribution < -0.4 is 25.2 Å². The first-order valence-electron chi connectivity index (χ1n) is 11.4. The lowest BCUT2D eigenvalue weighted by Gasteiger charge is -2.14. The van der Waals surface area contributed by atoms with Crippen molar-refractivity contribution >= 4 is 18.1 Å². The number of ether oxygens (including phenoxy) is 4. The molecule has 0 spiro atoms. The summed E-state index contributed by atoms with van der Waals surface area (Å²) >= 11 is 0. The average molecular weight is 530 g/mol. The standard InChI is InChI=1S/C27H23N5O7/c1-35-21-11-16(12-22(36-2)24(21)38-15-18-9-10-20(39-18)26(34)37-3)14-29-32-27-30-23(17-7-5-4-6-8-17)19(13-28)25(33)31-27/h4-12,14H,15H2,1-3H3,(H2,30,31,32,33). The molecule has 12 heteroatoms. The van der Waals surface area contributed by atoms with Crippen LogP contribution in [0.1, 0.15) is 27.4 Å². The highest BCUT2D eigenvalue weighted by Gasteiger charge is 2.17. The maximum atomic E-state index is 12.4. The monoisotopic (exact) mass is 529 g/mol. The van der Waals surface area contributed by atoms with Crippen LogP contribution in [0.2, 0.25) is 0 Å². The predicted octanol–water partition coefficient (Wildman–Crippen LogP) is 3.73. The van der Waals surface area contributed by atoms with Crippen molar-refractivity contribution < 1.29 is 28.2 Å². The number of anilines is 1. The summed E-state index contributed by atoms with van der Waals surface area (Å²) in [6.45, 7) is 0.000177. The fourth-order valence-electron chi connectivity index (χ4n) is 3.53. The van der Waals surface area contributed by atoms with E-state index in [-0.39, 0.29) is 29.6 Å². The molecule has 2 heterocycles. The molecular formula is C27H23N5O7. The van der Waals surface area contributed by atoms with Crippen molar-refractivity contribution in [3.05, 3.63) is 87.6 Å². The van der Waals surface area contributed by atoms with E-state index in [4.69, 9.17) is 18.6 Å². The molecule has 12 nitrogen and oxygen atoms in total. The van der Waals surface area contributed by atoms with Gasteiger partial charge < -0.3 is 23.4 Å². The van der Waals surface area contributed by atoms with Gasteiger partial charge in [-0.1, -0.05) is 30.3 Å². The van der Waals surface area contributed by atoms with E-state index in [0.717, 1.165) is 0 Å². The molecule has 0 bridgehead atoms. The minimum Gasteiger partial charge on any atom is -0.493 e. The van der Waals surface area contributed by atoms with Crippen LogP contribution >= 0.6 is 0 Å². The van der Waals surface area contributed by atoms with Gasteiger partial charge in [0.25, 0.3) is 5.56 Å². The minimum absolute atomic E-state index is 0.000177. The Hall–Kier alpha value is -5.57. The number of nitriles is 1. The molecule has 2 N–H and O–H groups in total. The number of nitrogens with zero attached hydrogens (tertiary/aromatic N) is 3. The molecule has 0 radical (unpaired) electrons. The van der Waals surface area contributed by atoms with Crippen molar-refractivity contribution in [2.75, 3.05) is 26.8 Å². The summed E-state index contributed by atoms with van der Waals surface area (Å²) < 4.78 is 26.8. The molecule has 0 saturated carbocycles. The third kappa shape index (κ3) is 6.05. The molecule has 0 unspecified atom stereocenters. The van der Waals surface area contributed by atoms with E-state index in [1.165, 1.54) is 33.6 Å². The number of hydrazone groups is 1. The van der Waals surface area contributed by atoms with E-state index in [0.29, 0.717) is 34.1 Å². The van der Waals surface area contributed by atoms with Gasteiger partial charge in [-0.15, -0.1) is 0 Å². The topological polar surface area (TPSA) is 161 Å². The smallest absolute Gasteiger partial charge is 0.373 e. The first-order chi connectivity index (χ1) is 19.0. The van der Waals surface area contributed by atoms with E-state index >= 15 is 0 Å². The average Bonchev–Trinajstić information content (AvgIpc) is 3.44. The molecule has 0 atom stereocenters. The minimum atomic E-state index is -0.593. The van der Waals surface area contributed by atoms with Crippen LogP contribution in [-0.4, -0.2) is 43.5 Å². The number of nitrogens with one attached hydrogen (secondary N) is 2. The third-order valence-corrected chi connectivity index (χ3v) is 5.35. The number of furan rings is 1. The van der Waals surface area contributed by atoms with Crippen molar-refractivity contribution in [1.29, 1.82) is 5.26 Å². The third-order valence-electron chi connectivity index (χ3n) is 5.35. The Morgan fingerprint density at radius 3 is 2.49 bits per heavy atom. The van der Waals surface area contributed by atoms with Gasteiger partial charge in [0.1, 0.15) is 24.0 Å². The Morgan fingerprint density at radius 1 is 1.13 bits per heavy atom. The molecule has 39 heavy (non-hydrogen) atoms. The highest BCUT2D eigenvalue weighted by Crippen LogP contribution is 2.38. The van der Waals surface area contributed by atoms with Gasteiger partial charge in [0.2, 0.25) is 17.5 Å². The quantitative estimate of drug-likeness (QED) is 0.176. The molecule has 0 aliphatic carbocycles. The number of carbonyl (C=O) groups excluding carboxylic acids is 1. The molecule has 0 saturated heterocycles. The predicted molar refractivity (Wildman–Crippen MR) is 140 cm³/mol. The second kappa shape index (κ2) is 12.1. The number of aromatic amines is 1. The van der Waals surface area contributed by atoms with Crippen LogP contribution in [-0.2, 0) is 11.3 Å². The van der Waals surface area contributed by atoms with Gasteiger partial charge in [-0.25, -0.2) is 15.2 Å². The van der Waals surface area contributed by atoms with Crippen LogP contribution in [0.4, 0.5) is 5.95 Å². The molecule has 0 aliphatic rings. The number of hydrogen-bond acceptors (Lipinski definition) is 11. The Bertz CT molecular complexity index is 1580. The van der Waals surface area contributed by atoms with Crippen molar-refractivity contribution in [3.8, 4) is 34.6 Å². The summed E-state index contributed by atoms with van der Waals surface area (Å²) in [5, 5.41) is 13.6. The summed E-state index contributed by atoms with van der Waals surface area (Å²) in [5.41, 5.74) is 3.42. The lowest BCUT2D eigenvalue weighted by molar-refractivity contribution is 0.0560. The van der Waals surface area contributed by atoms with Crippen molar-refractivity contribution in [2.24, 2.45) is 5.10 Å².